The number of hydrogen-bond donors (Lipinski definition) is 1. The summed E-state index contributed by atoms with van der Waals surface area (Å²) in [5, 5.41) is 11.7. The molecule has 0 bridgehead atoms. The van der Waals surface area contributed by atoms with Crippen molar-refractivity contribution in [2.75, 3.05) is 40.4 Å². The van der Waals surface area contributed by atoms with Gasteiger partial charge in [0.25, 0.3) is 11.7 Å². The third kappa shape index (κ3) is 4.36. The van der Waals surface area contributed by atoms with E-state index in [9.17, 15) is 14.7 Å². The molecular formula is C29H29NO8. The lowest BCUT2D eigenvalue weighted by atomic mass is 9.94. The molecule has 4 rings (SSSR count). The lowest BCUT2D eigenvalue weighted by Crippen LogP contribution is -2.29. The lowest BCUT2D eigenvalue weighted by molar-refractivity contribution is -0.132. The molecule has 1 aliphatic heterocycles. The molecule has 198 valence electrons. The molecule has 1 heterocycles. The molecular weight excluding hydrogens is 490 g/mol. The number of rotatable bonds is 8. The number of carbonyl (C=O) groups excluding carboxylic acids is 2. The molecule has 0 aromatic heterocycles. The monoisotopic (exact) mass is 519 g/mol. The number of Topliss-reactive ketones (excluding diaryl/α,β-unsaturated/α-hetero) is 1. The second-order valence-electron chi connectivity index (χ2n) is 8.50. The van der Waals surface area contributed by atoms with E-state index in [2.05, 4.69) is 0 Å². The summed E-state index contributed by atoms with van der Waals surface area (Å²) in [5.74, 6) is -0.572. The summed E-state index contributed by atoms with van der Waals surface area (Å²) in [7, 11) is 7.29. The number of hydrogen-bond acceptors (Lipinski definition) is 8. The normalized spacial score (nSPS) is 16.4. The van der Waals surface area contributed by atoms with Crippen LogP contribution in [0.1, 0.15) is 22.7 Å². The number of ether oxygens (including phenoxy) is 5. The Labute approximate surface area is 220 Å². The second-order valence-corrected chi connectivity index (χ2v) is 8.50. The Hall–Kier alpha value is -4.66. The minimum absolute atomic E-state index is 0.146. The van der Waals surface area contributed by atoms with Crippen molar-refractivity contribution in [3.63, 3.8) is 0 Å². The topological polar surface area (TPSA) is 104 Å². The molecule has 0 radical (unpaired) electrons. The molecule has 1 amide bonds. The summed E-state index contributed by atoms with van der Waals surface area (Å²) in [6, 6.07) is 14.4. The predicted octanol–water partition coefficient (Wildman–Crippen LogP) is 4.66. The molecule has 9 heteroatoms. The average Bonchev–Trinajstić information content (AvgIpc) is 3.21. The Bertz CT molecular complexity index is 1360. The number of methoxy groups -OCH3 is 5. The number of carbonyl (C=O) groups is 2. The fourth-order valence-electron chi connectivity index (χ4n) is 4.60. The number of aryl methyl sites for hydroxylation is 1. The fourth-order valence-corrected chi connectivity index (χ4v) is 4.60. The van der Waals surface area contributed by atoms with E-state index in [-0.39, 0.29) is 22.6 Å². The molecule has 9 nitrogen and oxygen atoms in total. The van der Waals surface area contributed by atoms with Gasteiger partial charge >= 0.3 is 0 Å². The highest BCUT2D eigenvalue weighted by Gasteiger charge is 2.48. The molecule has 1 aliphatic rings. The van der Waals surface area contributed by atoms with Gasteiger partial charge in [-0.05, 0) is 48.9 Å². The molecule has 0 saturated carbocycles. The number of aliphatic hydroxyl groups is 1. The second kappa shape index (κ2) is 10.8. The van der Waals surface area contributed by atoms with Crippen molar-refractivity contribution in [3.8, 4) is 28.7 Å². The van der Waals surface area contributed by atoms with E-state index in [0.717, 1.165) is 5.56 Å². The van der Waals surface area contributed by atoms with Crippen molar-refractivity contribution in [2.45, 2.75) is 13.0 Å². The van der Waals surface area contributed by atoms with Crippen LogP contribution in [-0.4, -0.2) is 52.3 Å². The van der Waals surface area contributed by atoms with Crippen LogP contribution in [0, 0.1) is 6.92 Å². The third-order valence-corrected chi connectivity index (χ3v) is 6.42. The molecule has 3 aromatic rings. The van der Waals surface area contributed by atoms with E-state index in [1.54, 1.807) is 42.5 Å². The highest BCUT2D eigenvalue weighted by Crippen LogP contribution is 2.48. The number of ketones is 1. The van der Waals surface area contributed by atoms with E-state index >= 15 is 0 Å². The van der Waals surface area contributed by atoms with Crippen molar-refractivity contribution in [3.05, 3.63) is 76.9 Å². The van der Waals surface area contributed by atoms with Gasteiger partial charge in [0.05, 0.1) is 47.2 Å². The van der Waals surface area contributed by atoms with Crippen LogP contribution in [0.25, 0.3) is 5.76 Å². The van der Waals surface area contributed by atoms with E-state index in [0.29, 0.717) is 28.5 Å². The van der Waals surface area contributed by atoms with Crippen molar-refractivity contribution in [2.24, 2.45) is 0 Å². The van der Waals surface area contributed by atoms with Crippen molar-refractivity contribution >= 4 is 23.1 Å². The molecule has 38 heavy (non-hydrogen) atoms. The van der Waals surface area contributed by atoms with Crippen LogP contribution in [0.15, 0.2) is 60.2 Å². The maximum atomic E-state index is 13.6. The summed E-state index contributed by atoms with van der Waals surface area (Å²) in [5.41, 5.74) is 1.91. The highest BCUT2D eigenvalue weighted by molar-refractivity contribution is 6.51. The van der Waals surface area contributed by atoms with Crippen LogP contribution in [-0.2, 0) is 9.59 Å². The van der Waals surface area contributed by atoms with Gasteiger partial charge in [-0.2, -0.15) is 0 Å². The highest BCUT2D eigenvalue weighted by atomic mass is 16.5. The lowest BCUT2D eigenvalue weighted by Gasteiger charge is -2.27. The zero-order chi connectivity index (χ0) is 27.6. The van der Waals surface area contributed by atoms with Gasteiger partial charge in [-0.25, -0.2) is 0 Å². The van der Waals surface area contributed by atoms with E-state index in [4.69, 9.17) is 23.7 Å². The van der Waals surface area contributed by atoms with Crippen molar-refractivity contribution in [1.29, 1.82) is 0 Å². The minimum Gasteiger partial charge on any atom is -0.506 e. The average molecular weight is 520 g/mol. The maximum Gasteiger partial charge on any atom is 0.300 e. The minimum atomic E-state index is -1.04. The van der Waals surface area contributed by atoms with E-state index < -0.39 is 23.5 Å². The summed E-state index contributed by atoms with van der Waals surface area (Å²) >= 11 is 0. The van der Waals surface area contributed by atoms with Crippen LogP contribution in [0.3, 0.4) is 0 Å². The molecule has 0 spiro atoms. The van der Waals surface area contributed by atoms with Crippen molar-refractivity contribution < 1.29 is 38.4 Å². The largest absolute Gasteiger partial charge is 0.506 e. The summed E-state index contributed by atoms with van der Waals surface area (Å²) < 4.78 is 27.4. The third-order valence-electron chi connectivity index (χ3n) is 6.42. The number of benzene rings is 3. The first-order valence-corrected chi connectivity index (χ1v) is 11.7. The number of anilines is 1. The smallest absolute Gasteiger partial charge is 0.300 e. The molecule has 1 N–H and O–H groups in total. The Morgan fingerprint density at radius 1 is 0.763 bits per heavy atom. The van der Waals surface area contributed by atoms with E-state index in [1.807, 2.05) is 19.1 Å². The van der Waals surface area contributed by atoms with Gasteiger partial charge in [-0.3, -0.25) is 14.5 Å². The Balaban J connectivity index is 2.07. The summed E-state index contributed by atoms with van der Waals surface area (Å²) in [4.78, 5) is 28.5. The van der Waals surface area contributed by atoms with Gasteiger partial charge in [0.2, 0.25) is 5.75 Å². The first kappa shape index (κ1) is 26.4. The molecule has 1 atom stereocenters. The number of nitrogens with zero attached hydrogens (tertiary/aromatic N) is 1. The van der Waals surface area contributed by atoms with Crippen LogP contribution in [0.4, 0.5) is 5.69 Å². The fraction of sp³-hybridized carbons (Fsp3) is 0.241. The first-order valence-electron chi connectivity index (χ1n) is 11.7. The van der Waals surface area contributed by atoms with Gasteiger partial charge in [-0.15, -0.1) is 0 Å². The quantitative estimate of drug-likeness (QED) is 0.260. The number of aliphatic hydroxyl groups excluding tert-OH is 1. The molecule has 1 saturated heterocycles. The standard InChI is InChI=1S/C29H29NO8/c1-16-10-12-18(13-11-16)30-25(17-14-21(36-4)28(38-6)22(15-17)37-5)24(27(32)29(30)33)26(31)23-19(34-2)8-7-9-20(23)35-3/h7-15,25,31H,1-6H3/b26-24+. The van der Waals surface area contributed by atoms with Gasteiger partial charge < -0.3 is 28.8 Å². The van der Waals surface area contributed by atoms with Gasteiger partial charge in [0.1, 0.15) is 22.8 Å². The number of amides is 1. The Morgan fingerprint density at radius 2 is 1.29 bits per heavy atom. The maximum absolute atomic E-state index is 13.6. The van der Waals surface area contributed by atoms with Gasteiger partial charge in [0.15, 0.2) is 11.5 Å². The zero-order valence-electron chi connectivity index (χ0n) is 22.0. The van der Waals surface area contributed by atoms with Gasteiger partial charge in [0, 0.05) is 5.69 Å². The summed E-state index contributed by atoms with van der Waals surface area (Å²) in [6.45, 7) is 1.92. The van der Waals surface area contributed by atoms with Crippen LogP contribution < -0.4 is 28.6 Å². The summed E-state index contributed by atoms with van der Waals surface area (Å²) in [6.07, 6.45) is 0. The first-order chi connectivity index (χ1) is 18.3. The Kier molecular flexibility index (Phi) is 7.47. The van der Waals surface area contributed by atoms with Crippen LogP contribution >= 0.6 is 0 Å². The van der Waals surface area contributed by atoms with Crippen LogP contribution in [0.5, 0.6) is 28.7 Å². The Morgan fingerprint density at radius 3 is 1.76 bits per heavy atom. The van der Waals surface area contributed by atoms with Crippen LogP contribution in [0.2, 0.25) is 0 Å². The SMILES string of the molecule is COc1cc(C2/C(=C(\O)c3c(OC)cccc3OC)C(=O)C(=O)N2c2ccc(C)cc2)cc(OC)c1OC. The van der Waals surface area contributed by atoms with Crippen molar-refractivity contribution in [1.82, 2.24) is 0 Å². The molecule has 0 aliphatic carbocycles. The van der Waals surface area contributed by atoms with Gasteiger partial charge in [-0.1, -0.05) is 23.8 Å². The molecule has 1 fully saturated rings. The molecule has 1 unspecified atom stereocenters. The van der Waals surface area contributed by atoms with E-state index in [1.165, 1.54) is 40.4 Å². The molecule has 3 aromatic carbocycles. The zero-order valence-corrected chi connectivity index (χ0v) is 22.0. The predicted molar refractivity (Wildman–Crippen MR) is 142 cm³/mol.